The van der Waals surface area contributed by atoms with Crippen molar-refractivity contribution in [1.82, 2.24) is 0 Å². The first-order chi connectivity index (χ1) is 7.16. The van der Waals surface area contributed by atoms with Crippen LogP contribution in [0.4, 0.5) is 14.5 Å². The number of nitrogens with one attached hydrogen (secondary N) is 1. The molecule has 1 N–H and O–H groups in total. The molecule has 2 nitrogen and oxygen atoms in total. The van der Waals surface area contributed by atoms with Crippen molar-refractivity contribution >= 4 is 22.6 Å². The van der Waals surface area contributed by atoms with Crippen molar-refractivity contribution in [2.45, 2.75) is 6.92 Å². The van der Waals surface area contributed by atoms with E-state index in [-0.39, 0.29) is 5.69 Å². The van der Waals surface area contributed by atoms with Crippen molar-refractivity contribution < 1.29 is 8.78 Å². The zero-order valence-electron chi connectivity index (χ0n) is 8.18. The van der Waals surface area contributed by atoms with E-state index in [1.165, 1.54) is 24.8 Å². The molecule has 0 amide bonds. The Hall–Kier alpha value is -1.10. The molecule has 1 aromatic carbocycles. The van der Waals surface area contributed by atoms with Crippen LogP contribution in [0, 0.1) is 18.6 Å². The fraction of sp³-hybridized carbons (Fsp3) is 0.300. The molecule has 0 radical (unpaired) electrons. The van der Waals surface area contributed by atoms with Crippen molar-refractivity contribution in [1.29, 1.82) is 0 Å². The van der Waals surface area contributed by atoms with Crippen molar-refractivity contribution in [3.63, 3.8) is 0 Å². The molecule has 0 unspecified atom stereocenters. The van der Waals surface area contributed by atoms with Crippen LogP contribution in [0.3, 0.4) is 0 Å². The van der Waals surface area contributed by atoms with Gasteiger partial charge in [0.15, 0.2) is 5.17 Å². The molecule has 0 saturated carbocycles. The summed E-state index contributed by atoms with van der Waals surface area (Å²) in [6, 6.07) is 2.34. The van der Waals surface area contributed by atoms with E-state index in [2.05, 4.69) is 10.3 Å². The zero-order chi connectivity index (χ0) is 10.8. The van der Waals surface area contributed by atoms with E-state index in [4.69, 9.17) is 0 Å². The zero-order valence-corrected chi connectivity index (χ0v) is 9.00. The molecule has 80 valence electrons. The van der Waals surface area contributed by atoms with Crippen LogP contribution < -0.4 is 5.32 Å². The van der Waals surface area contributed by atoms with Gasteiger partial charge < -0.3 is 5.32 Å². The predicted molar refractivity (Wildman–Crippen MR) is 59.5 cm³/mol. The van der Waals surface area contributed by atoms with E-state index >= 15 is 0 Å². The highest BCUT2D eigenvalue weighted by Crippen LogP contribution is 2.21. The third kappa shape index (κ3) is 2.28. The molecule has 0 saturated heterocycles. The van der Waals surface area contributed by atoms with E-state index in [0.29, 0.717) is 10.7 Å². The van der Waals surface area contributed by atoms with Gasteiger partial charge in [0.1, 0.15) is 11.6 Å². The van der Waals surface area contributed by atoms with Gasteiger partial charge >= 0.3 is 0 Å². The molecule has 0 aromatic heterocycles. The predicted octanol–water partition coefficient (Wildman–Crippen LogP) is 2.79. The molecule has 15 heavy (non-hydrogen) atoms. The second-order valence-electron chi connectivity index (χ2n) is 3.24. The molecule has 2 rings (SSSR count). The Morgan fingerprint density at radius 1 is 1.33 bits per heavy atom. The number of thioether (sulfide) groups is 1. The van der Waals surface area contributed by atoms with Crippen LogP contribution >= 0.6 is 11.8 Å². The Balaban J connectivity index is 2.24. The molecule has 1 aromatic rings. The lowest BCUT2D eigenvalue weighted by molar-refractivity contribution is 0.596. The summed E-state index contributed by atoms with van der Waals surface area (Å²) in [6.45, 7) is 2.26. The van der Waals surface area contributed by atoms with Crippen LogP contribution in [0.25, 0.3) is 0 Å². The van der Waals surface area contributed by atoms with E-state index in [9.17, 15) is 8.78 Å². The Morgan fingerprint density at radius 3 is 2.80 bits per heavy atom. The quantitative estimate of drug-likeness (QED) is 0.799. The normalized spacial score (nSPS) is 15.3. The lowest BCUT2D eigenvalue weighted by Gasteiger charge is -2.07. The smallest absolute Gasteiger partial charge is 0.161 e. The van der Waals surface area contributed by atoms with Crippen LogP contribution in [0.15, 0.2) is 17.1 Å². The first-order valence-corrected chi connectivity index (χ1v) is 5.55. The van der Waals surface area contributed by atoms with Crippen LogP contribution in [-0.4, -0.2) is 17.5 Å². The van der Waals surface area contributed by atoms with Gasteiger partial charge in [-0.3, -0.25) is 4.99 Å². The third-order valence-electron chi connectivity index (χ3n) is 2.08. The Kier molecular flexibility index (Phi) is 2.90. The number of hydrogen-bond acceptors (Lipinski definition) is 3. The molecule has 1 aliphatic rings. The van der Waals surface area contributed by atoms with Gasteiger partial charge in [-0.2, -0.15) is 0 Å². The lowest BCUT2D eigenvalue weighted by atomic mass is 10.2. The number of anilines is 1. The summed E-state index contributed by atoms with van der Waals surface area (Å²) in [5.74, 6) is 0.0183. The van der Waals surface area contributed by atoms with E-state index in [1.807, 2.05) is 0 Å². The Bertz CT molecular complexity index is 418. The summed E-state index contributed by atoms with van der Waals surface area (Å²) in [6.07, 6.45) is 0. The van der Waals surface area contributed by atoms with E-state index < -0.39 is 11.6 Å². The van der Waals surface area contributed by atoms with Gasteiger partial charge in [-0.1, -0.05) is 11.8 Å². The van der Waals surface area contributed by atoms with Crippen molar-refractivity contribution in [2.75, 3.05) is 17.6 Å². The topological polar surface area (TPSA) is 24.4 Å². The highest BCUT2D eigenvalue weighted by Gasteiger charge is 2.11. The van der Waals surface area contributed by atoms with Gasteiger partial charge in [0.2, 0.25) is 0 Å². The number of hydrogen-bond donors (Lipinski definition) is 1. The molecule has 0 atom stereocenters. The summed E-state index contributed by atoms with van der Waals surface area (Å²) in [4.78, 5) is 4.10. The second-order valence-corrected chi connectivity index (χ2v) is 4.33. The van der Waals surface area contributed by atoms with Gasteiger partial charge in [0, 0.05) is 11.8 Å². The minimum Gasteiger partial charge on any atom is -0.333 e. The number of aliphatic imine (C=N–C) groups is 1. The fourth-order valence-electron chi connectivity index (χ4n) is 1.27. The monoisotopic (exact) mass is 228 g/mol. The SMILES string of the molecule is Cc1cc(F)c(NC2=NCCS2)cc1F. The average Bonchev–Trinajstić information content (AvgIpc) is 2.67. The van der Waals surface area contributed by atoms with Crippen LogP contribution in [0.5, 0.6) is 0 Å². The fourth-order valence-corrected chi connectivity index (χ4v) is 2.01. The Labute approximate surface area is 90.8 Å². The van der Waals surface area contributed by atoms with Gasteiger partial charge in [0.05, 0.1) is 12.2 Å². The summed E-state index contributed by atoms with van der Waals surface area (Å²) >= 11 is 1.51. The molecule has 0 bridgehead atoms. The summed E-state index contributed by atoms with van der Waals surface area (Å²) < 4.78 is 26.6. The maximum absolute atomic E-state index is 13.4. The molecule has 0 aliphatic carbocycles. The number of aryl methyl sites for hydroxylation is 1. The van der Waals surface area contributed by atoms with Crippen LogP contribution in [0.1, 0.15) is 5.56 Å². The van der Waals surface area contributed by atoms with Crippen LogP contribution in [0.2, 0.25) is 0 Å². The number of amidine groups is 1. The van der Waals surface area contributed by atoms with Crippen molar-refractivity contribution in [3.8, 4) is 0 Å². The number of halogens is 2. The Morgan fingerprint density at radius 2 is 2.13 bits per heavy atom. The standard InChI is InChI=1S/C10H10F2N2S/c1-6-4-8(12)9(5-7(6)11)14-10-13-2-3-15-10/h4-5H,2-3H2,1H3,(H,13,14). The number of benzene rings is 1. The number of nitrogens with zero attached hydrogens (tertiary/aromatic N) is 1. The first-order valence-electron chi connectivity index (χ1n) is 4.57. The molecule has 5 heteroatoms. The lowest BCUT2D eigenvalue weighted by Crippen LogP contribution is -2.07. The van der Waals surface area contributed by atoms with Gasteiger partial charge in [-0.15, -0.1) is 0 Å². The van der Waals surface area contributed by atoms with Gasteiger partial charge in [-0.25, -0.2) is 8.78 Å². The van der Waals surface area contributed by atoms with Gasteiger partial charge in [0.25, 0.3) is 0 Å². The third-order valence-corrected chi connectivity index (χ3v) is 2.97. The van der Waals surface area contributed by atoms with Crippen LogP contribution in [-0.2, 0) is 0 Å². The maximum Gasteiger partial charge on any atom is 0.161 e. The van der Waals surface area contributed by atoms with E-state index in [0.717, 1.165) is 18.4 Å². The van der Waals surface area contributed by atoms with Crippen molar-refractivity contribution in [2.24, 2.45) is 4.99 Å². The molecular formula is C10H10F2N2S. The average molecular weight is 228 g/mol. The van der Waals surface area contributed by atoms with Gasteiger partial charge in [-0.05, 0) is 18.6 Å². The summed E-state index contributed by atoms with van der Waals surface area (Å²) in [5.41, 5.74) is 0.449. The largest absolute Gasteiger partial charge is 0.333 e. The van der Waals surface area contributed by atoms with E-state index in [1.54, 1.807) is 0 Å². The highest BCUT2D eigenvalue weighted by molar-refractivity contribution is 8.14. The highest BCUT2D eigenvalue weighted by atomic mass is 32.2. The molecule has 0 fully saturated rings. The minimum atomic E-state index is -0.455. The maximum atomic E-state index is 13.4. The number of rotatable bonds is 1. The molecule has 1 aliphatic heterocycles. The molecular weight excluding hydrogens is 218 g/mol. The second kappa shape index (κ2) is 4.18. The van der Waals surface area contributed by atoms with Crippen molar-refractivity contribution in [3.05, 3.63) is 29.3 Å². The minimum absolute atomic E-state index is 0.145. The first kappa shape index (κ1) is 10.4. The summed E-state index contributed by atoms with van der Waals surface area (Å²) in [7, 11) is 0. The summed E-state index contributed by atoms with van der Waals surface area (Å²) in [5, 5.41) is 3.43. The molecule has 0 spiro atoms. The molecule has 1 heterocycles.